The molecule has 0 aliphatic carbocycles. The van der Waals surface area contributed by atoms with Crippen molar-refractivity contribution < 1.29 is 4.52 Å². The van der Waals surface area contributed by atoms with Gasteiger partial charge in [-0.05, 0) is 30.0 Å². The Kier molecular flexibility index (Phi) is 3.16. The Labute approximate surface area is 135 Å². The lowest BCUT2D eigenvalue weighted by atomic mass is 10.2. The van der Waals surface area contributed by atoms with E-state index in [1.165, 1.54) is 11.3 Å². The number of benzene rings is 1. The summed E-state index contributed by atoms with van der Waals surface area (Å²) in [5.74, 6) is 1.13. The molecule has 0 saturated carbocycles. The Hall–Kier alpha value is -3.00. The van der Waals surface area contributed by atoms with Crippen molar-refractivity contribution in [2.45, 2.75) is 6.92 Å². The normalized spacial score (nSPS) is 11.0. The Morgan fingerprint density at radius 2 is 2.04 bits per heavy atom. The minimum Gasteiger partial charge on any atom is -0.382 e. The van der Waals surface area contributed by atoms with Gasteiger partial charge in [0.1, 0.15) is 0 Å². The smallest absolute Gasteiger partial charge is 0.282 e. The number of aromatic nitrogens is 5. The van der Waals surface area contributed by atoms with Crippen LogP contribution in [0.3, 0.4) is 0 Å². The minimum absolute atomic E-state index is 0.255. The van der Waals surface area contributed by atoms with Crippen LogP contribution in [0.15, 0.2) is 46.3 Å². The van der Waals surface area contributed by atoms with E-state index >= 15 is 0 Å². The second-order valence-corrected chi connectivity index (χ2v) is 5.87. The number of hydrogen-bond donors (Lipinski definition) is 1. The van der Waals surface area contributed by atoms with Gasteiger partial charge in [0.2, 0.25) is 5.82 Å². The number of para-hydroxylation sites is 1. The van der Waals surface area contributed by atoms with Crippen molar-refractivity contribution in [3.05, 3.63) is 47.3 Å². The Balaban J connectivity index is 1.76. The topological polar surface area (TPSA) is 95.6 Å². The summed E-state index contributed by atoms with van der Waals surface area (Å²) in [5.41, 5.74) is 8.46. The largest absolute Gasteiger partial charge is 0.382 e. The molecule has 8 heteroatoms. The fourth-order valence-electron chi connectivity index (χ4n) is 2.25. The third-order valence-corrected chi connectivity index (χ3v) is 4.28. The molecule has 0 radical (unpaired) electrons. The van der Waals surface area contributed by atoms with Crippen molar-refractivity contribution in [2.75, 3.05) is 5.73 Å². The van der Waals surface area contributed by atoms with Crippen LogP contribution in [0.2, 0.25) is 0 Å². The predicted molar refractivity (Wildman–Crippen MR) is 87.1 cm³/mol. The lowest BCUT2D eigenvalue weighted by Crippen LogP contribution is -2.04. The summed E-state index contributed by atoms with van der Waals surface area (Å²) in [7, 11) is 0. The standard InChI is InChI=1S/C15H12N6OS/c1-9-5-2-3-6-10(9)21-13(16)12(18-20-21)15-17-14(19-22-15)11-7-4-8-23-11/h2-8H,16H2,1H3. The van der Waals surface area contributed by atoms with Crippen LogP contribution in [0.25, 0.3) is 28.0 Å². The molecular weight excluding hydrogens is 312 g/mol. The predicted octanol–water partition coefficient (Wildman–Crippen LogP) is 2.94. The van der Waals surface area contributed by atoms with Gasteiger partial charge >= 0.3 is 0 Å². The molecule has 3 heterocycles. The maximum absolute atomic E-state index is 6.18. The molecule has 4 aromatic rings. The fraction of sp³-hybridized carbons (Fsp3) is 0.0667. The highest BCUT2D eigenvalue weighted by Gasteiger charge is 2.20. The molecule has 0 aliphatic heterocycles. The van der Waals surface area contributed by atoms with Crippen LogP contribution in [0.5, 0.6) is 0 Å². The quantitative estimate of drug-likeness (QED) is 0.622. The van der Waals surface area contributed by atoms with E-state index in [0.29, 0.717) is 17.3 Å². The summed E-state index contributed by atoms with van der Waals surface area (Å²) < 4.78 is 6.85. The first-order valence-electron chi connectivity index (χ1n) is 6.89. The molecule has 23 heavy (non-hydrogen) atoms. The molecule has 0 amide bonds. The van der Waals surface area contributed by atoms with E-state index in [2.05, 4.69) is 20.5 Å². The zero-order valence-electron chi connectivity index (χ0n) is 12.2. The molecule has 7 nitrogen and oxygen atoms in total. The number of nitrogens with two attached hydrogens (primary N) is 1. The second kappa shape index (κ2) is 5.33. The monoisotopic (exact) mass is 324 g/mol. The van der Waals surface area contributed by atoms with Crippen molar-refractivity contribution in [1.29, 1.82) is 0 Å². The van der Waals surface area contributed by atoms with Gasteiger partial charge in [-0.15, -0.1) is 16.4 Å². The summed E-state index contributed by atoms with van der Waals surface area (Å²) in [6.07, 6.45) is 0. The van der Waals surface area contributed by atoms with Crippen molar-refractivity contribution in [3.63, 3.8) is 0 Å². The molecule has 114 valence electrons. The van der Waals surface area contributed by atoms with E-state index in [0.717, 1.165) is 16.1 Å². The number of nitrogens with zero attached hydrogens (tertiary/aromatic N) is 5. The lowest BCUT2D eigenvalue weighted by Gasteiger charge is -2.05. The highest BCUT2D eigenvalue weighted by Crippen LogP contribution is 2.28. The number of hydrogen-bond acceptors (Lipinski definition) is 7. The Bertz CT molecular complexity index is 956. The minimum atomic E-state index is 0.255. The number of aryl methyl sites for hydroxylation is 1. The highest BCUT2D eigenvalue weighted by molar-refractivity contribution is 7.13. The summed E-state index contributed by atoms with van der Waals surface area (Å²) in [5, 5.41) is 14.1. The van der Waals surface area contributed by atoms with Gasteiger partial charge in [-0.3, -0.25) is 0 Å². The lowest BCUT2D eigenvalue weighted by molar-refractivity contribution is 0.431. The summed E-state index contributed by atoms with van der Waals surface area (Å²) in [6.45, 7) is 1.98. The molecule has 4 rings (SSSR count). The molecule has 0 saturated heterocycles. The Morgan fingerprint density at radius 3 is 2.83 bits per heavy atom. The summed E-state index contributed by atoms with van der Waals surface area (Å²) in [6, 6.07) is 11.6. The summed E-state index contributed by atoms with van der Waals surface area (Å²) >= 11 is 1.54. The Morgan fingerprint density at radius 1 is 1.17 bits per heavy atom. The van der Waals surface area contributed by atoms with Crippen LogP contribution in [0, 0.1) is 6.92 Å². The molecule has 0 unspecified atom stereocenters. The first kappa shape index (κ1) is 13.6. The third-order valence-electron chi connectivity index (χ3n) is 3.42. The molecule has 1 aromatic carbocycles. The van der Waals surface area contributed by atoms with Gasteiger partial charge in [0, 0.05) is 0 Å². The van der Waals surface area contributed by atoms with Crippen LogP contribution < -0.4 is 5.73 Å². The molecular formula is C15H12N6OS. The van der Waals surface area contributed by atoms with Gasteiger partial charge in [0.15, 0.2) is 11.5 Å². The number of thiophene rings is 1. The van der Waals surface area contributed by atoms with Crippen molar-refractivity contribution in [2.24, 2.45) is 0 Å². The van der Waals surface area contributed by atoms with Crippen LogP contribution >= 0.6 is 11.3 Å². The molecule has 0 fully saturated rings. The number of anilines is 1. The van der Waals surface area contributed by atoms with Crippen molar-refractivity contribution in [1.82, 2.24) is 25.1 Å². The average molecular weight is 324 g/mol. The summed E-state index contributed by atoms with van der Waals surface area (Å²) in [4.78, 5) is 5.27. The van der Waals surface area contributed by atoms with Crippen LogP contribution in [0.4, 0.5) is 5.82 Å². The first-order valence-corrected chi connectivity index (χ1v) is 7.77. The maximum Gasteiger partial charge on any atom is 0.282 e. The van der Waals surface area contributed by atoms with Crippen LogP contribution in [-0.4, -0.2) is 25.1 Å². The van der Waals surface area contributed by atoms with E-state index in [9.17, 15) is 0 Å². The SMILES string of the molecule is Cc1ccccc1-n1nnc(-c2nc(-c3cccs3)no2)c1N. The van der Waals surface area contributed by atoms with Gasteiger partial charge in [-0.25, -0.2) is 0 Å². The highest BCUT2D eigenvalue weighted by atomic mass is 32.1. The zero-order chi connectivity index (χ0) is 15.8. The molecule has 0 atom stereocenters. The van der Waals surface area contributed by atoms with Gasteiger partial charge < -0.3 is 10.3 Å². The molecule has 0 bridgehead atoms. The number of rotatable bonds is 3. The third kappa shape index (κ3) is 2.29. The molecule has 0 aliphatic rings. The van der Waals surface area contributed by atoms with Crippen LogP contribution in [-0.2, 0) is 0 Å². The second-order valence-electron chi connectivity index (χ2n) is 4.92. The maximum atomic E-state index is 6.18. The van der Waals surface area contributed by atoms with E-state index in [4.69, 9.17) is 10.3 Å². The average Bonchev–Trinajstić information content (AvgIpc) is 3.27. The van der Waals surface area contributed by atoms with Crippen molar-refractivity contribution >= 4 is 17.2 Å². The number of nitrogen functional groups attached to an aromatic ring is 1. The van der Waals surface area contributed by atoms with E-state index in [1.807, 2.05) is 48.7 Å². The van der Waals surface area contributed by atoms with E-state index < -0.39 is 0 Å². The van der Waals surface area contributed by atoms with Gasteiger partial charge in [0.25, 0.3) is 5.89 Å². The molecule has 0 spiro atoms. The van der Waals surface area contributed by atoms with Crippen LogP contribution in [0.1, 0.15) is 5.56 Å². The van der Waals surface area contributed by atoms with Gasteiger partial charge in [0.05, 0.1) is 10.6 Å². The van der Waals surface area contributed by atoms with E-state index in [1.54, 1.807) is 4.68 Å². The van der Waals surface area contributed by atoms with Crippen molar-refractivity contribution in [3.8, 4) is 28.0 Å². The van der Waals surface area contributed by atoms with Gasteiger partial charge in [-0.1, -0.05) is 34.6 Å². The molecule has 3 aromatic heterocycles. The van der Waals surface area contributed by atoms with E-state index in [-0.39, 0.29) is 5.89 Å². The fourth-order valence-corrected chi connectivity index (χ4v) is 2.90. The zero-order valence-corrected chi connectivity index (χ0v) is 13.0. The van der Waals surface area contributed by atoms with Gasteiger partial charge in [-0.2, -0.15) is 9.67 Å². The first-order chi connectivity index (χ1) is 11.2. The molecule has 2 N–H and O–H groups in total.